The van der Waals surface area contributed by atoms with E-state index in [4.69, 9.17) is 0 Å². The number of nitrogens with zero attached hydrogens (tertiary/aromatic N) is 1. The molecule has 80 valence electrons. The lowest BCUT2D eigenvalue weighted by Crippen LogP contribution is -2.20. The molecule has 0 saturated heterocycles. The summed E-state index contributed by atoms with van der Waals surface area (Å²) in [5.74, 6) is 2.36. The molecule has 0 aromatic rings. The highest BCUT2D eigenvalue weighted by molar-refractivity contribution is 5.81. The molecule has 3 heteroatoms. The van der Waals surface area contributed by atoms with E-state index in [1.54, 1.807) is 0 Å². The van der Waals surface area contributed by atoms with E-state index in [2.05, 4.69) is 22.7 Å². The van der Waals surface area contributed by atoms with E-state index in [1.165, 1.54) is 12.8 Å². The van der Waals surface area contributed by atoms with Gasteiger partial charge in [0.15, 0.2) is 0 Å². The van der Waals surface area contributed by atoms with E-state index in [0.29, 0.717) is 11.8 Å². The van der Waals surface area contributed by atoms with Crippen molar-refractivity contribution >= 4 is 12.1 Å². The molecule has 2 fully saturated rings. The Labute approximate surface area is 89.6 Å². The van der Waals surface area contributed by atoms with E-state index in [9.17, 15) is 4.79 Å². The van der Waals surface area contributed by atoms with Crippen LogP contribution in [0, 0.1) is 23.7 Å². The Morgan fingerprint density at radius 2 is 2.20 bits per heavy atom. The van der Waals surface area contributed by atoms with Crippen LogP contribution in [-0.4, -0.2) is 12.1 Å². The Morgan fingerprint density at radius 3 is 2.80 bits per heavy atom. The highest BCUT2D eigenvalue weighted by Crippen LogP contribution is 2.42. The van der Waals surface area contributed by atoms with Gasteiger partial charge in [0.1, 0.15) is 0 Å². The first-order chi connectivity index (χ1) is 7.33. The largest absolute Gasteiger partial charge is 0.273 e. The molecule has 0 spiro atoms. The minimum absolute atomic E-state index is 0.102. The van der Waals surface area contributed by atoms with Crippen molar-refractivity contribution in [2.24, 2.45) is 28.8 Å². The van der Waals surface area contributed by atoms with Gasteiger partial charge in [-0.15, -0.1) is 0 Å². The normalized spacial score (nSPS) is 37.7. The van der Waals surface area contributed by atoms with Gasteiger partial charge < -0.3 is 0 Å². The van der Waals surface area contributed by atoms with Crippen molar-refractivity contribution in [3.63, 3.8) is 0 Å². The summed E-state index contributed by atoms with van der Waals surface area (Å²) in [6.07, 6.45) is 11.1. The van der Waals surface area contributed by atoms with Gasteiger partial charge in [0, 0.05) is 18.1 Å². The molecule has 3 nitrogen and oxygen atoms in total. The molecular formula is C12H16N2O. The second kappa shape index (κ2) is 3.47. The van der Waals surface area contributed by atoms with Crippen molar-refractivity contribution in [3.05, 3.63) is 12.2 Å². The summed E-state index contributed by atoms with van der Waals surface area (Å²) in [6.45, 7) is 0. The molecule has 3 aliphatic rings. The third-order valence-corrected chi connectivity index (χ3v) is 3.72. The van der Waals surface area contributed by atoms with E-state index >= 15 is 0 Å². The number of fused-ring (bicyclic) bond motifs is 2. The Balaban J connectivity index is 1.50. The summed E-state index contributed by atoms with van der Waals surface area (Å²) in [7, 11) is 0. The lowest BCUT2D eigenvalue weighted by molar-refractivity contribution is -0.122. The van der Waals surface area contributed by atoms with Gasteiger partial charge in [-0.1, -0.05) is 12.2 Å². The number of rotatable bonds is 3. The molecule has 3 atom stereocenters. The van der Waals surface area contributed by atoms with Crippen molar-refractivity contribution in [2.45, 2.75) is 25.7 Å². The predicted octanol–water partition coefficient (Wildman–Crippen LogP) is 1.71. The number of nitrogens with one attached hydrogen (secondary N) is 1. The lowest BCUT2D eigenvalue weighted by atomic mass is 9.95. The second-order valence-electron chi connectivity index (χ2n) is 4.97. The van der Waals surface area contributed by atoms with Gasteiger partial charge in [-0.2, -0.15) is 5.10 Å². The Morgan fingerprint density at radius 1 is 1.33 bits per heavy atom. The van der Waals surface area contributed by atoms with Crippen LogP contribution < -0.4 is 5.43 Å². The van der Waals surface area contributed by atoms with E-state index in [1.807, 2.05) is 6.21 Å². The highest BCUT2D eigenvalue weighted by Gasteiger charge is 2.34. The van der Waals surface area contributed by atoms with Gasteiger partial charge in [0.25, 0.3) is 0 Å². The molecule has 0 radical (unpaired) electrons. The Hall–Kier alpha value is -1.12. The van der Waals surface area contributed by atoms with Crippen LogP contribution in [0.5, 0.6) is 0 Å². The molecule has 0 aliphatic heterocycles. The van der Waals surface area contributed by atoms with Gasteiger partial charge >= 0.3 is 0 Å². The fourth-order valence-corrected chi connectivity index (χ4v) is 2.63. The lowest BCUT2D eigenvalue weighted by Gasteiger charge is -2.11. The molecule has 0 aromatic heterocycles. The van der Waals surface area contributed by atoms with Gasteiger partial charge in [-0.05, 0) is 37.5 Å². The standard InChI is InChI=1S/C12H16N2O/c15-12(9-3-4-9)14-13-7-11-6-8-1-2-10(11)5-8/h1-2,7-11H,3-6H2,(H,14,15). The van der Waals surface area contributed by atoms with Crippen LogP contribution >= 0.6 is 0 Å². The summed E-state index contributed by atoms with van der Waals surface area (Å²) >= 11 is 0. The van der Waals surface area contributed by atoms with Crippen molar-refractivity contribution in [1.82, 2.24) is 5.43 Å². The average Bonchev–Trinajstić information content (AvgIpc) is 2.90. The van der Waals surface area contributed by atoms with Crippen LogP contribution in [0.15, 0.2) is 17.3 Å². The van der Waals surface area contributed by atoms with Gasteiger partial charge in [0.05, 0.1) is 0 Å². The molecule has 3 aliphatic carbocycles. The molecule has 0 aromatic carbocycles. The monoisotopic (exact) mass is 204 g/mol. The van der Waals surface area contributed by atoms with Crippen LogP contribution in [0.25, 0.3) is 0 Å². The zero-order valence-corrected chi connectivity index (χ0v) is 8.73. The van der Waals surface area contributed by atoms with Crippen molar-refractivity contribution in [3.8, 4) is 0 Å². The first-order valence-electron chi connectivity index (χ1n) is 5.84. The maximum Gasteiger partial charge on any atom is 0.243 e. The van der Waals surface area contributed by atoms with Crippen LogP contribution in [-0.2, 0) is 4.79 Å². The molecular weight excluding hydrogens is 188 g/mol. The summed E-state index contributed by atoms with van der Waals surface area (Å²) in [4.78, 5) is 11.3. The number of hydrogen-bond donors (Lipinski definition) is 1. The van der Waals surface area contributed by atoms with E-state index in [-0.39, 0.29) is 11.8 Å². The number of hydrogen-bond acceptors (Lipinski definition) is 2. The van der Waals surface area contributed by atoms with Gasteiger partial charge in [0.2, 0.25) is 5.91 Å². The zero-order chi connectivity index (χ0) is 10.3. The highest BCUT2D eigenvalue weighted by atomic mass is 16.2. The quantitative estimate of drug-likeness (QED) is 0.424. The van der Waals surface area contributed by atoms with Crippen molar-refractivity contribution < 1.29 is 4.79 Å². The minimum Gasteiger partial charge on any atom is -0.273 e. The molecule has 1 amide bonds. The first-order valence-corrected chi connectivity index (χ1v) is 5.84. The number of amides is 1. The summed E-state index contributed by atoms with van der Waals surface area (Å²) in [5, 5.41) is 4.07. The molecule has 3 rings (SSSR count). The van der Waals surface area contributed by atoms with Crippen LogP contribution in [0.4, 0.5) is 0 Å². The molecule has 2 bridgehead atoms. The van der Waals surface area contributed by atoms with Crippen LogP contribution in [0.3, 0.4) is 0 Å². The van der Waals surface area contributed by atoms with Crippen molar-refractivity contribution in [1.29, 1.82) is 0 Å². The van der Waals surface area contributed by atoms with Gasteiger partial charge in [-0.3, -0.25) is 4.79 Å². The number of hydrazone groups is 1. The average molecular weight is 204 g/mol. The molecule has 15 heavy (non-hydrogen) atoms. The summed E-state index contributed by atoms with van der Waals surface area (Å²) in [6, 6.07) is 0. The van der Waals surface area contributed by atoms with Crippen LogP contribution in [0.1, 0.15) is 25.7 Å². The van der Waals surface area contributed by atoms with E-state index < -0.39 is 0 Å². The first kappa shape index (κ1) is 9.13. The minimum atomic E-state index is 0.102. The van der Waals surface area contributed by atoms with Crippen LogP contribution in [0.2, 0.25) is 0 Å². The molecule has 3 unspecified atom stereocenters. The molecule has 1 N–H and O–H groups in total. The number of carbonyl (C=O) groups excluding carboxylic acids is 1. The summed E-state index contributed by atoms with van der Waals surface area (Å²) < 4.78 is 0. The number of allylic oxidation sites excluding steroid dienone is 2. The fraction of sp³-hybridized carbons (Fsp3) is 0.667. The predicted molar refractivity (Wildman–Crippen MR) is 58.2 cm³/mol. The molecule has 2 saturated carbocycles. The smallest absolute Gasteiger partial charge is 0.243 e. The second-order valence-corrected chi connectivity index (χ2v) is 4.97. The topological polar surface area (TPSA) is 41.5 Å². The SMILES string of the molecule is O=C(NN=CC1CC2C=CC1C2)C1CC1. The third-order valence-electron chi connectivity index (χ3n) is 3.72. The van der Waals surface area contributed by atoms with Crippen molar-refractivity contribution in [2.75, 3.05) is 0 Å². The zero-order valence-electron chi connectivity index (χ0n) is 8.73. The Kier molecular flexibility index (Phi) is 2.11. The fourth-order valence-electron chi connectivity index (χ4n) is 2.63. The maximum absolute atomic E-state index is 11.3. The van der Waals surface area contributed by atoms with Gasteiger partial charge in [-0.25, -0.2) is 5.43 Å². The van der Waals surface area contributed by atoms with E-state index in [0.717, 1.165) is 18.8 Å². The third kappa shape index (κ3) is 1.83. The molecule has 0 heterocycles. The maximum atomic E-state index is 11.3. The number of carbonyl (C=O) groups is 1. The Bertz CT molecular complexity index is 331. The summed E-state index contributed by atoms with van der Waals surface area (Å²) in [5.41, 5.74) is 2.64.